The van der Waals surface area contributed by atoms with E-state index in [1.165, 1.54) is 48.8 Å². The van der Waals surface area contributed by atoms with Crippen LogP contribution in [0, 0.1) is 0 Å². The molecule has 4 nitrogen and oxygen atoms in total. The highest BCUT2D eigenvalue weighted by Crippen LogP contribution is 2.34. The quantitative estimate of drug-likeness (QED) is 0.866. The number of rotatable bonds is 4. The summed E-state index contributed by atoms with van der Waals surface area (Å²) in [5, 5.41) is 15.2. The Morgan fingerprint density at radius 2 is 1.85 bits per heavy atom. The summed E-state index contributed by atoms with van der Waals surface area (Å²) >= 11 is 0. The summed E-state index contributed by atoms with van der Waals surface area (Å²) < 4.78 is 1.92. The molecule has 0 unspecified atom stereocenters. The summed E-state index contributed by atoms with van der Waals surface area (Å²) in [5.41, 5.74) is 4.46. The molecule has 4 rings (SSSR count). The third-order valence-corrected chi connectivity index (χ3v) is 6.31. The second-order valence-electron chi connectivity index (χ2n) is 8.94. The fourth-order valence-corrected chi connectivity index (χ4v) is 4.94. The van der Waals surface area contributed by atoms with E-state index in [0.717, 1.165) is 44.1 Å². The van der Waals surface area contributed by atoms with Crippen LogP contribution in [0.25, 0.3) is 11.3 Å². The first-order chi connectivity index (χ1) is 13.0. The van der Waals surface area contributed by atoms with E-state index in [1.54, 1.807) is 0 Å². The van der Waals surface area contributed by atoms with Gasteiger partial charge in [-0.25, -0.2) is 0 Å². The average Bonchev–Trinajstić information content (AvgIpc) is 3.02. The Kier molecular flexibility index (Phi) is 5.38. The SMILES string of the molecule is Cn1cc(CN2CCC[C@](C)(O)C2)c(-c2ccc(C3CCCCC3)cc2)n1. The van der Waals surface area contributed by atoms with Crippen LogP contribution in [-0.4, -0.2) is 38.5 Å². The highest BCUT2D eigenvalue weighted by molar-refractivity contribution is 5.63. The van der Waals surface area contributed by atoms with Crippen LogP contribution in [0.15, 0.2) is 30.5 Å². The topological polar surface area (TPSA) is 41.3 Å². The molecule has 0 spiro atoms. The van der Waals surface area contributed by atoms with Gasteiger partial charge in [0, 0.05) is 37.5 Å². The summed E-state index contributed by atoms with van der Waals surface area (Å²) in [7, 11) is 2.00. The lowest BCUT2D eigenvalue weighted by Gasteiger charge is -2.36. The van der Waals surface area contributed by atoms with Crippen LogP contribution < -0.4 is 0 Å². The molecule has 4 heteroatoms. The number of aryl methyl sites for hydroxylation is 1. The third-order valence-electron chi connectivity index (χ3n) is 6.31. The number of aromatic nitrogens is 2. The molecule has 2 heterocycles. The molecular formula is C23H33N3O. The minimum absolute atomic E-state index is 0.567. The van der Waals surface area contributed by atoms with Gasteiger partial charge in [0.25, 0.3) is 0 Å². The Balaban J connectivity index is 1.52. The Labute approximate surface area is 163 Å². The maximum Gasteiger partial charge on any atom is 0.0968 e. The normalized spacial score (nSPS) is 25.0. The molecule has 1 aromatic carbocycles. The highest BCUT2D eigenvalue weighted by Gasteiger charge is 2.29. The molecule has 146 valence electrons. The summed E-state index contributed by atoms with van der Waals surface area (Å²) in [5.74, 6) is 0.742. The summed E-state index contributed by atoms with van der Waals surface area (Å²) in [6.07, 6.45) is 10.9. The predicted octanol–water partition coefficient (Wildman–Crippen LogP) is 4.48. The lowest BCUT2D eigenvalue weighted by molar-refractivity contribution is -0.0181. The van der Waals surface area contributed by atoms with Crippen molar-refractivity contribution >= 4 is 0 Å². The Morgan fingerprint density at radius 3 is 2.56 bits per heavy atom. The van der Waals surface area contributed by atoms with Crippen molar-refractivity contribution in [3.05, 3.63) is 41.6 Å². The molecule has 1 aliphatic carbocycles. The van der Waals surface area contributed by atoms with Crippen molar-refractivity contribution in [2.75, 3.05) is 13.1 Å². The number of hydrogen-bond donors (Lipinski definition) is 1. The van der Waals surface area contributed by atoms with E-state index in [2.05, 4.69) is 35.4 Å². The standard InChI is InChI=1S/C23H33N3O/c1-23(27)13-6-14-26(17-23)16-21-15-25(2)24-22(21)20-11-9-19(10-12-20)18-7-4-3-5-8-18/h9-12,15,18,27H,3-8,13-14,16-17H2,1-2H3/t23-/m0/s1. The minimum atomic E-state index is -0.567. The predicted molar refractivity (Wildman–Crippen MR) is 110 cm³/mol. The van der Waals surface area contributed by atoms with Crippen LogP contribution in [0.4, 0.5) is 0 Å². The second kappa shape index (κ2) is 7.76. The maximum absolute atomic E-state index is 10.4. The number of nitrogens with zero attached hydrogens (tertiary/aromatic N) is 3. The van der Waals surface area contributed by atoms with Crippen LogP contribution in [-0.2, 0) is 13.6 Å². The maximum atomic E-state index is 10.4. The zero-order valence-corrected chi connectivity index (χ0v) is 16.8. The van der Waals surface area contributed by atoms with Gasteiger partial charge in [-0.3, -0.25) is 9.58 Å². The number of likely N-dealkylation sites (tertiary alicyclic amines) is 1. The van der Waals surface area contributed by atoms with Gasteiger partial charge in [-0.05, 0) is 50.6 Å². The van der Waals surface area contributed by atoms with E-state index in [0.29, 0.717) is 0 Å². The first-order valence-electron chi connectivity index (χ1n) is 10.6. The molecule has 27 heavy (non-hydrogen) atoms. The number of piperidine rings is 1. The van der Waals surface area contributed by atoms with Crippen molar-refractivity contribution in [2.24, 2.45) is 7.05 Å². The number of β-amino-alcohol motifs (C(OH)–C–C–N with tert-alkyl or cyclic N) is 1. The van der Waals surface area contributed by atoms with Crippen molar-refractivity contribution in [3.8, 4) is 11.3 Å². The van der Waals surface area contributed by atoms with Crippen molar-refractivity contribution in [1.29, 1.82) is 0 Å². The lowest BCUT2D eigenvalue weighted by atomic mass is 9.84. The molecule has 1 aliphatic heterocycles. The Hall–Kier alpha value is -1.65. The van der Waals surface area contributed by atoms with Gasteiger partial charge in [0.2, 0.25) is 0 Å². The fourth-order valence-electron chi connectivity index (χ4n) is 4.94. The lowest BCUT2D eigenvalue weighted by Crippen LogP contribution is -2.45. The number of benzene rings is 1. The fraction of sp³-hybridized carbons (Fsp3) is 0.609. The molecule has 1 aromatic heterocycles. The van der Waals surface area contributed by atoms with Gasteiger partial charge in [-0.2, -0.15) is 5.10 Å². The zero-order chi connectivity index (χ0) is 18.9. The van der Waals surface area contributed by atoms with Crippen LogP contribution in [0.1, 0.15) is 68.9 Å². The molecule has 2 aliphatic rings. The van der Waals surface area contributed by atoms with E-state index < -0.39 is 5.60 Å². The van der Waals surface area contributed by atoms with Crippen molar-refractivity contribution in [2.45, 2.75) is 69.9 Å². The van der Waals surface area contributed by atoms with E-state index in [9.17, 15) is 5.11 Å². The summed E-state index contributed by atoms with van der Waals surface area (Å²) in [6.45, 7) is 4.59. The van der Waals surface area contributed by atoms with Crippen LogP contribution in [0.3, 0.4) is 0 Å². The first kappa shape index (κ1) is 18.7. The smallest absolute Gasteiger partial charge is 0.0968 e. The van der Waals surface area contributed by atoms with Crippen molar-refractivity contribution in [3.63, 3.8) is 0 Å². The Morgan fingerprint density at radius 1 is 1.11 bits per heavy atom. The molecule has 2 fully saturated rings. The summed E-state index contributed by atoms with van der Waals surface area (Å²) in [6, 6.07) is 9.13. The summed E-state index contributed by atoms with van der Waals surface area (Å²) in [4.78, 5) is 2.36. The molecule has 1 saturated heterocycles. The van der Waals surface area contributed by atoms with E-state index in [4.69, 9.17) is 5.10 Å². The van der Waals surface area contributed by atoms with Gasteiger partial charge in [0.1, 0.15) is 0 Å². The monoisotopic (exact) mass is 367 g/mol. The molecule has 0 amide bonds. The van der Waals surface area contributed by atoms with Gasteiger partial charge >= 0.3 is 0 Å². The van der Waals surface area contributed by atoms with Gasteiger partial charge < -0.3 is 5.11 Å². The van der Waals surface area contributed by atoms with Gasteiger partial charge in [-0.15, -0.1) is 0 Å². The third kappa shape index (κ3) is 4.44. The van der Waals surface area contributed by atoms with Gasteiger partial charge in [0.15, 0.2) is 0 Å². The van der Waals surface area contributed by atoms with Crippen LogP contribution in [0.5, 0.6) is 0 Å². The van der Waals surface area contributed by atoms with Crippen molar-refractivity contribution < 1.29 is 5.11 Å². The van der Waals surface area contributed by atoms with Crippen LogP contribution >= 0.6 is 0 Å². The molecular weight excluding hydrogens is 334 g/mol. The van der Waals surface area contributed by atoms with Crippen molar-refractivity contribution in [1.82, 2.24) is 14.7 Å². The molecule has 2 aromatic rings. The van der Waals surface area contributed by atoms with E-state index in [-0.39, 0.29) is 0 Å². The largest absolute Gasteiger partial charge is 0.389 e. The van der Waals surface area contributed by atoms with Gasteiger partial charge in [-0.1, -0.05) is 43.5 Å². The molecule has 1 saturated carbocycles. The molecule has 1 atom stereocenters. The average molecular weight is 368 g/mol. The Bertz CT molecular complexity index is 756. The van der Waals surface area contributed by atoms with Gasteiger partial charge in [0.05, 0.1) is 11.3 Å². The zero-order valence-electron chi connectivity index (χ0n) is 16.8. The van der Waals surface area contributed by atoms with E-state index in [1.807, 2.05) is 18.7 Å². The second-order valence-corrected chi connectivity index (χ2v) is 8.94. The van der Waals surface area contributed by atoms with E-state index >= 15 is 0 Å². The molecule has 0 radical (unpaired) electrons. The number of hydrogen-bond acceptors (Lipinski definition) is 3. The number of aliphatic hydroxyl groups is 1. The minimum Gasteiger partial charge on any atom is -0.389 e. The first-order valence-corrected chi connectivity index (χ1v) is 10.6. The van der Waals surface area contributed by atoms with Crippen LogP contribution in [0.2, 0.25) is 0 Å². The molecule has 0 bridgehead atoms. The molecule has 1 N–H and O–H groups in total. The highest BCUT2D eigenvalue weighted by atomic mass is 16.3.